The number of carbonyl (C=O) groups excluding carboxylic acids is 1. The summed E-state index contributed by atoms with van der Waals surface area (Å²) in [7, 11) is 0. The van der Waals surface area contributed by atoms with Crippen molar-refractivity contribution in [3.05, 3.63) is 0 Å². The van der Waals surface area contributed by atoms with Gasteiger partial charge in [-0.2, -0.15) is 0 Å². The third-order valence-corrected chi connectivity index (χ3v) is 3.98. The zero-order chi connectivity index (χ0) is 12.9. The van der Waals surface area contributed by atoms with Crippen LogP contribution in [0.5, 0.6) is 0 Å². The average molecular weight is 240 g/mol. The predicted octanol–water partition coefficient (Wildman–Crippen LogP) is 2.41. The SMILES string of the molecule is CCN(CC1CCCCN1)C(=O)C(C)(C)CC. The second-order valence-corrected chi connectivity index (χ2v) is 5.73. The molecule has 0 aromatic heterocycles. The van der Waals surface area contributed by atoms with Gasteiger partial charge in [0, 0.05) is 24.5 Å². The Hall–Kier alpha value is -0.570. The van der Waals surface area contributed by atoms with Crippen LogP contribution in [-0.4, -0.2) is 36.5 Å². The van der Waals surface area contributed by atoms with E-state index in [0.29, 0.717) is 11.9 Å². The molecule has 1 aliphatic rings. The zero-order valence-electron chi connectivity index (χ0n) is 11.9. The van der Waals surface area contributed by atoms with Gasteiger partial charge in [-0.3, -0.25) is 4.79 Å². The van der Waals surface area contributed by atoms with Crippen molar-refractivity contribution in [1.29, 1.82) is 0 Å². The maximum atomic E-state index is 12.4. The highest BCUT2D eigenvalue weighted by atomic mass is 16.2. The van der Waals surface area contributed by atoms with E-state index in [-0.39, 0.29) is 5.41 Å². The monoisotopic (exact) mass is 240 g/mol. The number of rotatable bonds is 5. The molecular weight excluding hydrogens is 212 g/mol. The fourth-order valence-corrected chi connectivity index (χ4v) is 2.28. The van der Waals surface area contributed by atoms with Crippen molar-refractivity contribution in [2.24, 2.45) is 5.41 Å². The van der Waals surface area contributed by atoms with Gasteiger partial charge >= 0.3 is 0 Å². The van der Waals surface area contributed by atoms with E-state index in [9.17, 15) is 4.79 Å². The summed E-state index contributed by atoms with van der Waals surface area (Å²) in [6.45, 7) is 11.1. The van der Waals surface area contributed by atoms with Crippen LogP contribution in [0, 0.1) is 5.41 Å². The van der Waals surface area contributed by atoms with Crippen LogP contribution in [0.1, 0.15) is 53.4 Å². The third kappa shape index (κ3) is 3.98. The lowest BCUT2D eigenvalue weighted by molar-refractivity contribution is -0.140. The van der Waals surface area contributed by atoms with Gasteiger partial charge in [-0.15, -0.1) is 0 Å². The van der Waals surface area contributed by atoms with Gasteiger partial charge in [0.25, 0.3) is 0 Å². The van der Waals surface area contributed by atoms with Crippen LogP contribution in [-0.2, 0) is 4.79 Å². The first-order valence-corrected chi connectivity index (χ1v) is 7.04. The van der Waals surface area contributed by atoms with Gasteiger partial charge in [-0.1, -0.05) is 27.2 Å². The molecule has 1 unspecified atom stereocenters. The third-order valence-electron chi connectivity index (χ3n) is 3.98. The summed E-state index contributed by atoms with van der Waals surface area (Å²) >= 11 is 0. The number of amides is 1. The summed E-state index contributed by atoms with van der Waals surface area (Å²) in [5.74, 6) is 0.301. The van der Waals surface area contributed by atoms with E-state index in [4.69, 9.17) is 0 Å². The topological polar surface area (TPSA) is 32.3 Å². The normalized spacial score (nSPS) is 21.3. The lowest BCUT2D eigenvalue weighted by Crippen LogP contribution is -2.49. The van der Waals surface area contributed by atoms with E-state index in [1.165, 1.54) is 19.3 Å². The van der Waals surface area contributed by atoms with Gasteiger partial charge in [0.15, 0.2) is 0 Å². The summed E-state index contributed by atoms with van der Waals surface area (Å²) in [6, 6.07) is 0.500. The zero-order valence-corrected chi connectivity index (χ0v) is 11.9. The van der Waals surface area contributed by atoms with E-state index < -0.39 is 0 Å². The molecule has 1 fully saturated rings. The minimum atomic E-state index is -0.218. The highest BCUT2D eigenvalue weighted by Gasteiger charge is 2.30. The van der Waals surface area contributed by atoms with E-state index in [0.717, 1.165) is 26.1 Å². The van der Waals surface area contributed by atoms with Crippen LogP contribution in [0.15, 0.2) is 0 Å². The molecule has 0 aromatic rings. The number of carbonyl (C=O) groups is 1. The van der Waals surface area contributed by atoms with Crippen LogP contribution in [0.2, 0.25) is 0 Å². The highest BCUT2D eigenvalue weighted by Crippen LogP contribution is 2.23. The van der Waals surface area contributed by atoms with E-state index in [1.54, 1.807) is 0 Å². The first-order chi connectivity index (χ1) is 8.01. The molecule has 0 spiro atoms. The van der Waals surface area contributed by atoms with Gasteiger partial charge < -0.3 is 10.2 Å². The molecule has 1 amide bonds. The Morgan fingerprint density at radius 1 is 1.35 bits per heavy atom. The molecule has 3 nitrogen and oxygen atoms in total. The molecule has 0 radical (unpaired) electrons. The second kappa shape index (κ2) is 6.39. The molecule has 1 rings (SSSR count). The van der Waals surface area contributed by atoms with Crippen LogP contribution in [0.4, 0.5) is 0 Å². The van der Waals surface area contributed by atoms with Crippen LogP contribution in [0.25, 0.3) is 0 Å². The van der Waals surface area contributed by atoms with Gasteiger partial charge in [0.1, 0.15) is 0 Å². The molecule has 100 valence electrons. The Kier molecular flexibility index (Phi) is 5.44. The lowest BCUT2D eigenvalue weighted by Gasteiger charge is -2.34. The summed E-state index contributed by atoms with van der Waals surface area (Å²) in [5, 5.41) is 3.51. The summed E-state index contributed by atoms with van der Waals surface area (Å²) in [6.07, 6.45) is 4.67. The number of likely N-dealkylation sites (N-methyl/N-ethyl adjacent to an activating group) is 1. The molecule has 17 heavy (non-hydrogen) atoms. The lowest BCUT2D eigenvalue weighted by atomic mass is 9.88. The van der Waals surface area contributed by atoms with Crippen molar-refractivity contribution in [2.45, 2.75) is 59.4 Å². The standard InChI is InChI=1S/C14H28N2O/c1-5-14(3,4)13(17)16(6-2)11-12-9-7-8-10-15-12/h12,15H,5-11H2,1-4H3. The Morgan fingerprint density at radius 2 is 2.06 bits per heavy atom. The van der Waals surface area contributed by atoms with E-state index >= 15 is 0 Å². The van der Waals surface area contributed by atoms with Crippen molar-refractivity contribution in [3.8, 4) is 0 Å². The number of hydrogen-bond acceptors (Lipinski definition) is 2. The average Bonchev–Trinajstić information content (AvgIpc) is 2.36. The number of piperidine rings is 1. The predicted molar refractivity (Wildman–Crippen MR) is 72.0 cm³/mol. The van der Waals surface area contributed by atoms with Crippen molar-refractivity contribution >= 4 is 5.91 Å². The van der Waals surface area contributed by atoms with Crippen molar-refractivity contribution < 1.29 is 4.79 Å². The second-order valence-electron chi connectivity index (χ2n) is 5.73. The number of nitrogens with one attached hydrogen (secondary N) is 1. The molecule has 3 heteroatoms. The first-order valence-electron chi connectivity index (χ1n) is 7.04. The van der Waals surface area contributed by atoms with Gasteiger partial charge in [-0.05, 0) is 32.7 Å². The van der Waals surface area contributed by atoms with Crippen LogP contribution in [0.3, 0.4) is 0 Å². The molecule has 1 heterocycles. The number of nitrogens with zero attached hydrogens (tertiary/aromatic N) is 1. The summed E-state index contributed by atoms with van der Waals surface area (Å²) in [5.41, 5.74) is -0.218. The minimum absolute atomic E-state index is 0.218. The molecule has 0 saturated carbocycles. The quantitative estimate of drug-likeness (QED) is 0.800. The maximum absolute atomic E-state index is 12.4. The fourth-order valence-electron chi connectivity index (χ4n) is 2.28. The number of hydrogen-bond donors (Lipinski definition) is 1. The van der Waals surface area contributed by atoms with E-state index in [1.807, 2.05) is 18.7 Å². The fraction of sp³-hybridized carbons (Fsp3) is 0.929. The molecule has 1 saturated heterocycles. The Bertz CT molecular complexity index is 245. The summed E-state index contributed by atoms with van der Waals surface area (Å²) in [4.78, 5) is 14.4. The van der Waals surface area contributed by atoms with Crippen molar-refractivity contribution in [2.75, 3.05) is 19.6 Å². The molecule has 0 bridgehead atoms. The Balaban J connectivity index is 2.55. The smallest absolute Gasteiger partial charge is 0.228 e. The van der Waals surface area contributed by atoms with Crippen molar-refractivity contribution in [3.63, 3.8) is 0 Å². The molecule has 0 aliphatic carbocycles. The summed E-state index contributed by atoms with van der Waals surface area (Å²) < 4.78 is 0. The maximum Gasteiger partial charge on any atom is 0.228 e. The Labute approximate surface area is 106 Å². The van der Waals surface area contributed by atoms with Crippen LogP contribution < -0.4 is 5.32 Å². The molecule has 1 aliphatic heterocycles. The largest absolute Gasteiger partial charge is 0.341 e. The molecular formula is C14H28N2O. The Morgan fingerprint density at radius 3 is 2.53 bits per heavy atom. The molecule has 0 aromatic carbocycles. The van der Waals surface area contributed by atoms with Gasteiger partial charge in [0.05, 0.1) is 0 Å². The van der Waals surface area contributed by atoms with E-state index in [2.05, 4.69) is 19.2 Å². The minimum Gasteiger partial charge on any atom is -0.341 e. The van der Waals surface area contributed by atoms with Crippen LogP contribution >= 0.6 is 0 Å². The van der Waals surface area contributed by atoms with Crippen molar-refractivity contribution in [1.82, 2.24) is 10.2 Å². The first kappa shape index (κ1) is 14.5. The van der Waals surface area contributed by atoms with Gasteiger partial charge in [-0.25, -0.2) is 0 Å². The van der Waals surface area contributed by atoms with Gasteiger partial charge in [0.2, 0.25) is 5.91 Å². The molecule has 1 atom stereocenters. The highest BCUT2D eigenvalue weighted by molar-refractivity contribution is 5.81. The molecule has 1 N–H and O–H groups in total.